The molecule has 0 aliphatic heterocycles. The van der Waals surface area contributed by atoms with Crippen LogP contribution in [-0.2, 0) is 16.1 Å². The van der Waals surface area contributed by atoms with Crippen LogP contribution in [0.3, 0.4) is 0 Å². The van der Waals surface area contributed by atoms with Gasteiger partial charge in [0.25, 0.3) is 0 Å². The summed E-state index contributed by atoms with van der Waals surface area (Å²) in [7, 11) is 1.70. The maximum absolute atomic E-state index is 12.8. The lowest BCUT2D eigenvalue weighted by atomic mass is 10.2. The van der Waals surface area contributed by atoms with Crippen molar-refractivity contribution in [2.45, 2.75) is 19.9 Å². The molecule has 0 unspecified atom stereocenters. The van der Waals surface area contributed by atoms with Crippen LogP contribution >= 0.6 is 0 Å². The molecule has 3 rings (SSSR count). The normalized spacial score (nSPS) is 10.5. The number of ether oxygens (including phenoxy) is 1. The van der Waals surface area contributed by atoms with Crippen LogP contribution in [0.1, 0.15) is 12.0 Å². The topological polar surface area (TPSA) is 114 Å². The van der Waals surface area contributed by atoms with Gasteiger partial charge in [0, 0.05) is 26.2 Å². The summed E-state index contributed by atoms with van der Waals surface area (Å²) in [5.74, 6) is 0.0848. The van der Waals surface area contributed by atoms with Crippen molar-refractivity contribution in [1.82, 2.24) is 24.6 Å². The predicted octanol–water partition coefficient (Wildman–Crippen LogP) is 2.10. The number of aryl methyl sites for hydroxylation is 1. The molecule has 33 heavy (non-hydrogen) atoms. The van der Waals surface area contributed by atoms with E-state index < -0.39 is 5.82 Å². The smallest absolute Gasteiger partial charge is 0.244 e. The van der Waals surface area contributed by atoms with Crippen molar-refractivity contribution < 1.29 is 18.7 Å². The number of nitrogens with zero attached hydrogens (tertiary/aromatic N) is 5. The third kappa shape index (κ3) is 7.87. The Kier molecular flexibility index (Phi) is 8.28. The lowest BCUT2D eigenvalue weighted by Gasteiger charge is -2.17. The van der Waals surface area contributed by atoms with Crippen LogP contribution in [0.25, 0.3) is 0 Å². The van der Waals surface area contributed by atoms with Crippen molar-refractivity contribution in [1.29, 1.82) is 0 Å². The monoisotopic (exact) mass is 455 g/mol. The van der Waals surface area contributed by atoms with Crippen LogP contribution in [0.2, 0.25) is 0 Å². The molecule has 10 nitrogen and oxygen atoms in total. The first-order valence-electron chi connectivity index (χ1n) is 10.4. The quantitative estimate of drug-likeness (QED) is 0.455. The zero-order valence-electron chi connectivity index (χ0n) is 18.5. The molecule has 0 spiro atoms. The number of amides is 2. The highest BCUT2D eigenvalue weighted by molar-refractivity contribution is 5.90. The Bertz CT molecular complexity index is 1050. The third-order valence-electron chi connectivity index (χ3n) is 4.61. The van der Waals surface area contributed by atoms with Crippen molar-refractivity contribution in [3.8, 4) is 5.75 Å². The van der Waals surface area contributed by atoms with E-state index in [9.17, 15) is 14.0 Å². The minimum atomic E-state index is -0.532. The molecule has 0 aliphatic rings. The number of hydrogen-bond acceptors (Lipinski definition) is 7. The SMILES string of the molecule is Cc1ccc(OCCN(C)C(=O)Cn2cc(NC(=O)CCNc3ncc(F)cn3)cn2)cc1. The van der Waals surface area contributed by atoms with Gasteiger partial charge in [-0.3, -0.25) is 14.3 Å². The molecule has 11 heteroatoms. The fourth-order valence-corrected chi connectivity index (χ4v) is 2.75. The Morgan fingerprint density at radius 2 is 1.88 bits per heavy atom. The van der Waals surface area contributed by atoms with Gasteiger partial charge in [-0.05, 0) is 19.1 Å². The van der Waals surface area contributed by atoms with Crippen LogP contribution in [-0.4, -0.2) is 63.2 Å². The maximum Gasteiger partial charge on any atom is 0.244 e. The molecule has 0 fully saturated rings. The summed E-state index contributed by atoms with van der Waals surface area (Å²) in [5, 5.41) is 9.66. The number of nitrogens with one attached hydrogen (secondary N) is 2. The van der Waals surface area contributed by atoms with Gasteiger partial charge in [0.2, 0.25) is 17.8 Å². The lowest BCUT2D eigenvalue weighted by molar-refractivity contribution is -0.131. The fraction of sp³-hybridized carbons (Fsp3) is 0.318. The van der Waals surface area contributed by atoms with Gasteiger partial charge in [0.05, 0.1) is 30.8 Å². The number of carbonyl (C=O) groups is 2. The highest BCUT2D eigenvalue weighted by atomic mass is 19.1. The van der Waals surface area contributed by atoms with Gasteiger partial charge in [0.15, 0.2) is 5.82 Å². The number of halogens is 1. The predicted molar refractivity (Wildman–Crippen MR) is 120 cm³/mol. The van der Waals surface area contributed by atoms with Gasteiger partial charge in [0.1, 0.15) is 18.9 Å². The first-order valence-corrected chi connectivity index (χ1v) is 10.4. The Hall–Kier alpha value is -4.02. The van der Waals surface area contributed by atoms with E-state index in [-0.39, 0.29) is 37.3 Å². The van der Waals surface area contributed by atoms with E-state index in [1.165, 1.54) is 10.9 Å². The zero-order valence-corrected chi connectivity index (χ0v) is 18.5. The van der Waals surface area contributed by atoms with Crippen molar-refractivity contribution in [2.75, 3.05) is 37.4 Å². The second kappa shape index (κ2) is 11.6. The molecule has 2 heterocycles. The summed E-state index contributed by atoms with van der Waals surface area (Å²) in [6.45, 7) is 3.14. The highest BCUT2D eigenvalue weighted by Gasteiger charge is 2.12. The second-order valence-corrected chi connectivity index (χ2v) is 7.35. The molecule has 2 N–H and O–H groups in total. The summed E-state index contributed by atoms with van der Waals surface area (Å²) < 4.78 is 19.9. The summed E-state index contributed by atoms with van der Waals surface area (Å²) in [5.41, 5.74) is 1.64. The standard InChI is InChI=1S/C22H26FN7O3/c1-16-3-5-19(6-4-16)33-10-9-29(2)21(32)15-30-14-18(13-27-30)28-20(31)7-8-24-22-25-11-17(23)12-26-22/h3-6,11-14H,7-10,15H2,1-2H3,(H,28,31)(H,24,25,26). The van der Waals surface area contributed by atoms with Gasteiger partial charge in [-0.25, -0.2) is 14.4 Å². The van der Waals surface area contributed by atoms with E-state index in [4.69, 9.17) is 4.74 Å². The van der Waals surface area contributed by atoms with E-state index in [2.05, 4.69) is 25.7 Å². The van der Waals surface area contributed by atoms with Crippen molar-refractivity contribution in [3.63, 3.8) is 0 Å². The van der Waals surface area contributed by atoms with Crippen molar-refractivity contribution in [2.24, 2.45) is 0 Å². The van der Waals surface area contributed by atoms with Crippen LogP contribution in [0, 0.1) is 12.7 Å². The summed E-state index contributed by atoms with van der Waals surface area (Å²) in [6, 6.07) is 7.72. The average Bonchev–Trinajstić information content (AvgIpc) is 3.22. The Balaban J connectivity index is 1.36. The summed E-state index contributed by atoms with van der Waals surface area (Å²) >= 11 is 0. The van der Waals surface area contributed by atoms with Crippen LogP contribution in [0.15, 0.2) is 49.1 Å². The number of aromatic nitrogens is 4. The average molecular weight is 455 g/mol. The maximum atomic E-state index is 12.8. The Morgan fingerprint density at radius 1 is 1.15 bits per heavy atom. The molecule has 2 amide bonds. The molecular formula is C22H26FN7O3. The molecule has 1 aromatic carbocycles. The van der Waals surface area contributed by atoms with Gasteiger partial charge in [-0.15, -0.1) is 0 Å². The molecule has 0 bridgehead atoms. The van der Waals surface area contributed by atoms with Crippen LogP contribution in [0.5, 0.6) is 5.75 Å². The Labute approximate surface area is 190 Å². The van der Waals surface area contributed by atoms with Gasteiger partial charge in [-0.1, -0.05) is 17.7 Å². The van der Waals surface area contributed by atoms with Crippen LogP contribution in [0.4, 0.5) is 16.0 Å². The van der Waals surface area contributed by atoms with Gasteiger partial charge >= 0.3 is 0 Å². The zero-order chi connectivity index (χ0) is 23.6. The van der Waals surface area contributed by atoms with Gasteiger partial charge < -0.3 is 20.3 Å². The number of hydrogen-bond donors (Lipinski definition) is 2. The first kappa shape index (κ1) is 23.6. The molecule has 0 radical (unpaired) electrons. The number of anilines is 2. The van der Waals surface area contributed by atoms with E-state index in [1.54, 1.807) is 18.1 Å². The van der Waals surface area contributed by atoms with E-state index in [1.807, 2.05) is 31.2 Å². The molecule has 174 valence electrons. The van der Waals surface area contributed by atoms with Gasteiger partial charge in [-0.2, -0.15) is 5.10 Å². The van der Waals surface area contributed by atoms with Crippen molar-refractivity contribution in [3.05, 3.63) is 60.4 Å². The van der Waals surface area contributed by atoms with E-state index in [0.717, 1.165) is 23.7 Å². The highest BCUT2D eigenvalue weighted by Crippen LogP contribution is 2.11. The Morgan fingerprint density at radius 3 is 2.61 bits per heavy atom. The molecule has 0 saturated heterocycles. The van der Waals surface area contributed by atoms with E-state index in [0.29, 0.717) is 18.8 Å². The van der Waals surface area contributed by atoms with Crippen molar-refractivity contribution >= 4 is 23.5 Å². The minimum absolute atomic E-state index is 0.0420. The minimum Gasteiger partial charge on any atom is -0.492 e. The summed E-state index contributed by atoms with van der Waals surface area (Å²) in [4.78, 5) is 33.6. The first-order chi connectivity index (χ1) is 15.9. The number of likely N-dealkylation sites (N-methyl/N-ethyl adjacent to an activating group) is 1. The molecule has 0 saturated carbocycles. The fourth-order valence-electron chi connectivity index (χ4n) is 2.75. The number of rotatable bonds is 11. The lowest BCUT2D eigenvalue weighted by Crippen LogP contribution is -2.33. The number of carbonyl (C=O) groups excluding carboxylic acids is 2. The summed E-state index contributed by atoms with van der Waals surface area (Å²) in [6.07, 6.45) is 5.29. The molecule has 0 atom stereocenters. The molecular weight excluding hydrogens is 429 g/mol. The molecule has 3 aromatic rings. The second-order valence-electron chi connectivity index (χ2n) is 7.35. The van der Waals surface area contributed by atoms with E-state index >= 15 is 0 Å². The number of benzene rings is 1. The molecule has 2 aromatic heterocycles. The van der Waals surface area contributed by atoms with Crippen LogP contribution < -0.4 is 15.4 Å². The largest absolute Gasteiger partial charge is 0.492 e. The third-order valence-corrected chi connectivity index (χ3v) is 4.61. The molecule has 0 aliphatic carbocycles.